The largest absolute Gasteiger partial charge is 0.437 e. The molecule has 1 aromatic carbocycles. The molecule has 0 radical (unpaired) electrons. The molecule has 0 amide bonds. The van der Waals surface area contributed by atoms with Crippen LogP contribution in [0.25, 0.3) is 28.5 Å². The molecule has 8 nitrogen and oxygen atoms in total. The molecule has 0 unspecified atom stereocenters. The smallest absolute Gasteiger partial charge is 0.376 e. The molecular formula is C18H19BN6O2. The predicted octanol–water partition coefficient (Wildman–Crippen LogP) is 1.98. The Morgan fingerprint density at radius 2 is 2.04 bits per heavy atom. The molecular weight excluding hydrogens is 343 g/mol. The van der Waals surface area contributed by atoms with Gasteiger partial charge in [-0.1, -0.05) is 29.4 Å². The maximum absolute atomic E-state index is 9.68. The Morgan fingerprint density at radius 1 is 1.22 bits per heavy atom. The van der Waals surface area contributed by atoms with Gasteiger partial charge in [-0.2, -0.15) is 4.98 Å². The normalized spacial score (nSPS) is 14.8. The van der Waals surface area contributed by atoms with E-state index in [9.17, 15) is 5.02 Å². The Labute approximate surface area is 156 Å². The van der Waals surface area contributed by atoms with Crippen LogP contribution >= 0.6 is 0 Å². The van der Waals surface area contributed by atoms with Crippen LogP contribution in [-0.2, 0) is 0 Å². The number of nitrogens with zero attached hydrogens (tertiary/aromatic N) is 5. The van der Waals surface area contributed by atoms with Crippen LogP contribution in [0.5, 0.6) is 0 Å². The van der Waals surface area contributed by atoms with E-state index < -0.39 is 7.05 Å². The summed E-state index contributed by atoms with van der Waals surface area (Å²) in [4.78, 5) is 15.3. The lowest BCUT2D eigenvalue weighted by Gasteiger charge is -2.26. The van der Waals surface area contributed by atoms with E-state index in [1.54, 1.807) is 13.0 Å². The van der Waals surface area contributed by atoms with Gasteiger partial charge in [0.25, 0.3) is 5.89 Å². The molecule has 4 rings (SSSR count). The Morgan fingerprint density at radius 3 is 2.74 bits per heavy atom. The van der Waals surface area contributed by atoms with E-state index in [4.69, 9.17) is 10.3 Å². The number of hydrogen-bond acceptors (Lipinski definition) is 8. The van der Waals surface area contributed by atoms with E-state index in [-0.39, 0.29) is 5.82 Å². The van der Waals surface area contributed by atoms with Gasteiger partial charge in [0.05, 0.1) is 11.9 Å². The van der Waals surface area contributed by atoms with E-state index in [0.717, 1.165) is 29.8 Å². The van der Waals surface area contributed by atoms with Crippen LogP contribution in [0.2, 0.25) is 6.82 Å². The molecule has 0 spiro atoms. The number of aromatic nitrogens is 4. The quantitative estimate of drug-likeness (QED) is 0.677. The van der Waals surface area contributed by atoms with Crippen LogP contribution in [0, 0.1) is 0 Å². The van der Waals surface area contributed by atoms with Crippen molar-refractivity contribution in [1.29, 1.82) is 0 Å². The Balaban J connectivity index is 1.63. The van der Waals surface area contributed by atoms with Gasteiger partial charge < -0.3 is 20.1 Å². The van der Waals surface area contributed by atoms with E-state index >= 15 is 0 Å². The van der Waals surface area contributed by atoms with Crippen molar-refractivity contribution in [1.82, 2.24) is 24.9 Å². The third-order valence-corrected chi connectivity index (χ3v) is 4.56. The number of nitrogens with two attached hydrogens (primary N) is 1. The zero-order valence-corrected chi connectivity index (χ0v) is 14.9. The summed E-state index contributed by atoms with van der Waals surface area (Å²) in [6.07, 6.45) is 4.47. The summed E-state index contributed by atoms with van der Waals surface area (Å²) < 4.78 is 5.35. The third-order valence-electron chi connectivity index (χ3n) is 4.56. The molecule has 1 aliphatic rings. The molecule has 9 heteroatoms. The van der Waals surface area contributed by atoms with Gasteiger partial charge in [-0.25, -0.2) is 9.97 Å². The average Bonchev–Trinajstić information content (AvgIpc) is 3.19. The molecule has 3 N–H and O–H groups in total. The van der Waals surface area contributed by atoms with Crippen molar-refractivity contribution in [2.24, 2.45) is 0 Å². The van der Waals surface area contributed by atoms with Gasteiger partial charge in [0.15, 0.2) is 11.5 Å². The lowest BCUT2D eigenvalue weighted by molar-refractivity contribution is 0.392. The van der Waals surface area contributed by atoms with Crippen molar-refractivity contribution in [3.8, 4) is 23.0 Å². The van der Waals surface area contributed by atoms with Crippen molar-refractivity contribution in [3.63, 3.8) is 0 Å². The minimum Gasteiger partial charge on any atom is -0.437 e. The van der Waals surface area contributed by atoms with Crippen LogP contribution in [0.3, 0.4) is 0 Å². The first-order chi connectivity index (χ1) is 13.1. The molecule has 136 valence electrons. The van der Waals surface area contributed by atoms with Crippen LogP contribution < -0.4 is 5.73 Å². The van der Waals surface area contributed by atoms with Gasteiger partial charge in [0.2, 0.25) is 5.82 Å². The molecule has 27 heavy (non-hydrogen) atoms. The molecule has 3 heterocycles. The summed E-state index contributed by atoms with van der Waals surface area (Å²) in [7, 11) is -0.466. The molecule has 0 atom stereocenters. The minimum absolute atomic E-state index is 0.251. The van der Waals surface area contributed by atoms with Crippen molar-refractivity contribution < 1.29 is 9.55 Å². The highest BCUT2D eigenvalue weighted by molar-refractivity contribution is 6.45. The Hall–Kier alpha value is -3.04. The zero-order valence-electron chi connectivity index (χ0n) is 14.9. The van der Waals surface area contributed by atoms with Gasteiger partial charge in [0, 0.05) is 12.1 Å². The van der Waals surface area contributed by atoms with Crippen LogP contribution in [0.4, 0.5) is 5.82 Å². The number of rotatable bonds is 4. The summed E-state index contributed by atoms with van der Waals surface area (Å²) >= 11 is 0. The second-order valence-corrected chi connectivity index (χ2v) is 6.38. The van der Waals surface area contributed by atoms with E-state index in [1.807, 2.05) is 41.2 Å². The molecule has 0 saturated carbocycles. The van der Waals surface area contributed by atoms with Crippen molar-refractivity contribution in [2.75, 3.05) is 18.8 Å². The maximum Gasteiger partial charge on any atom is 0.376 e. The summed E-state index contributed by atoms with van der Waals surface area (Å²) in [5.74, 6) is 0.963. The lowest BCUT2D eigenvalue weighted by atomic mass is 9.83. The molecule has 0 aliphatic carbocycles. The third kappa shape index (κ3) is 3.60. The minimum atomic E-state index is -0.466. The summed E-state index contributed by atoms with van der Waals surface area (Å²) in [6.45, 7) is 3.18. The fourth-order valence-electron chi connectivity index (χ4n) is 2.99. The molecule has 2 aromatic heterocycles. The van der Waals surface area contributed by atoms with E-state index in [1.165, 1.54) is 0 Å². The van der Waals surface area contributed by atoms with Crippen LogP contribution in [-0.4, -0.2) is 50.1 Å². The van der Waals surface area contributed by atoms with Gasteiger partial charge in [-0.15, -0.1) is 0 Å². The van der Waals surface area contributed by atoms with Gasteiger partial charge in [-0.05, 0) is 37.5 Å². The first-order valence-corrected chi connectivity index (χ1v) is 8.75. The first kappa shape index (κ1) is 17.4. The van der Waals surface area contributed by atoms with Crippen molar-refractivity contribution in [2.45, 2.75) is 13.2 Å². The SMILES string of the molecule is CB(O)N1CC=C(c2cnc(N)c(-c3noc(-c4ccccc4)n3)n2)CC1. The van der Waals surface area contributed by atoms with E-state index in [2.05, 4.69) is 20.1 Å². The highest BCUT2D eigenvalue weighted by Gasteiger charge is 2.21. The number of anilines is 1. The van der Waals surface area contributed by atoms with Crippen molar-refractivity contribution in [3.05, 3.63) is 48.3 Å². The zero-order chi connectivity index (χ0) is 18.8. The standard InChI is InChI=1S/C18H19BN6O2/c1-19(26)25-9-7-12(8-10-25)14-11-21-16(20)15(22-14)17-23-18(27-24-17)13-5-3-2-4-6-13/h2-7,11,26H,8-10H2,1H3,(H2,20,21). The van der Waals surface area contributed by atoms with E-state index in [0.29, 0.717) is 24.0 Å². The second-order valence-electron chi connectivity index (χ2n) is 6.38. The van der Waals surface area contributed by atoms with Gasteiger partial charge in [0.1, 0.15) is 0 Å². The Bertz CT molecular complexity index is 973. The van der Waals surface area contributed by atoms with Crippen LogP contribution in [0.15, 0.2) is 47.1 Å². The first-order valence-electron chi connectivity index (χ1n) is 8.75. The topological polar surface area (TPSA) is 114 Å². The molecule has 0 fully saturated rings. The number of hydrogen-bond donors (Lipinski definition) is 2. The lowest BCUT2D eigenvalue weighted by Crippen LogP contribution is -2.39. The second kappa shape index (κ2) is 7.30. The molecule has 0 bridgehead atoms. The highest BCUT2D eigenvalue weighted by atomic mass is 16.5. The fourth-order valence-corrected chi connectivity index (χ4v) is 2.99. The van der Waals surface area contributed by atoms with Crippen LogP contribution in [0.1, 0.15) is 12.1 Å². The van der Waals surface area contributed by atoms with Crippen molar-refractivity contribution >= 4 is 18.4 Å². The van der Waals surface area contributed by atoms with Gasteiger partial charge in [-0.3, -0.25) is 0 Å². The highest BCUT2D eigenvalue weighted by Crippen LogP contribution is 2.27. The maximum atomic E-state index is 9.68. The molecule has 3 aromatic rings. The fraction of sp³-hybridized carbons (Fsp3) is 0.222. The number of nitrogen functional groups attached to an aromatic ring is 1. The molecule has 0 saturated heterocycles. The summed E-state index contributed by atoms with van der Waals surface area (Å²) in [5, 5.41) is 13.7. The Kier molecular flexibility index (Phi) is 4.70. The molecule has 1 aliphatic heterocycles. The number of benzene rings is 1. The monoisotopic (exact) mass is 362 g/mol. The summed E-state index contributed by atoms with van der Waals surface area (Å²) in [5.41, 5.74) is 9.03. The average molecular weight is 362 g/mol. The van der Waals surface area contributed by atoms with Gasteiger partial charge >= 0.3 is 7.05 Å². The predicted molar refractivity (Wildman–Crippen MR) is 103 cm³/mol. The summed E-state index contributed by atoms with van der Waals surface area (Å²) in [6, 6.07) is 9.51.